The third kappa shape index (κ3) is 3.83. The Bertz CT molecular complexity index is 660. The number of aromatic nitrogens is 1. The molecule has 5 nitrogen and oxygen atoms in total. The van der Waals surface area contributed by atoms with Crippen molar-refractivity contribution in [3.63, 3.8) is 0 Å². The van der Waals surface area contributed by atoms with E-state index >= 15 is 0 Å². The molecule has 2 heterocycles. The fourth-order valence-electron chi connectivity index (χ4n) is 2.61. The van der Waals surface area contributed by atoms with Gasteiger partial charge in [0.2, 0.25) is 0 Å². The van der Waals surface area contributed by atoms with Crippen LogP contribution < -0.4 is 10.5 Å². The first kappa shape index (κ1) is 17.7. The van der Waals surface area contributed by atoms with Crippen LogP contribution in [0, 0.1) is 5.92 Å². The number of amides is 1. The second-order valence-corrected chi connectivity index (χ2v) is 6.43. The van der Waals surface area contributed by atoms with Crippen molar-refractivity contribution in [3.8, 4) is 16.3 Å². The van der Waals surface area contributed by atoms with Gasteiger partial charge in [0.25, 0.3) is 5.91 Å². The van der Waals surface area contributed by atoms with Gasteiger partial charge in [-0.15, -0.1) is 23.7 Å². The van der Waals surface area contributed by atoms with E-state index < -0.39 is 0 Å². The van der Waals surface area contributed by atoms with Gasteiger partial charge in [-0.3, -0.25) is 4.79 Å². The second kappa shape index (κ2) is 7.77. The summed E-state index contributed by atoms with van der Waals surface area (Å²) in [5.41, 5.74) is 6.67. The predicted octanol–water partition coefficient (Wildman–Crippen LogP) is 2.66. The Hall–Kier alpha value is -1.63. The number of carbonyl (C=O) groups is 1. The van der Waals surface area contributed by atoms with Gasteiger partial charge < -0.3 is 15.4 Å². The van der Waals surface area contributed by atoms with Crippen LogP contribution in [0.5, 0.6) is 5.75 Å². The van der Waals surface area contributed by atoms with Crippen molar-refractivity contribution in [2.75, 3.05) is 26.7 Å². The highest BCUT2D eigenvalue weighted by Gasteiger charge is 2.27. The van der Waals surface area contributed by atoms with Crippen LogP contribution in [0.15, 0.2) is 30.5 Å². The minimum Gasteiger partial charge on any atom is -0.497 e. The lowest BCUT2D eigenvalue weighted by atomic mass is 10.1. The number of nitrogens with zero attached hydrogens (tertiary/aromatic N) is 2. The van der Waals surface area contributed by atoms with Gasteiger partial charge in [0.15, 0.2) is 0 Å². The number of rotatable bonds is 4. The van der Waals surface area contributed by atoms with Gasteiger partial charge in [0.1, 0.15) is 15.6 Å². The number of halogens is 1. The molecule has 1 aliphatic rings. The van der Waals surface area contributed by atoms with E-state index in [9.17, 15) is 4.79 Å². The van der Waals surface area contributed by atoms with E-state index in [0.29, 0.717) is 17.3 Å². The van der Waals surface area contributed by atoms with E-state index in [0.717, 1.165) is 35.8 Å². The normalized spacial score (nSPS) is 17.0. The summed E-state index contributed by atoms with van der Waals surface area (Å²) >= 11 is 1.43. The summed E-state index contributed by atoms with van der Waals surface area (Å²) in [5, 5.41) is 0.848. The number of methoxy groups -OCH3 is 1. The summed E-state index contributed by atoms with van der Waals surface area (Å²) in [5.74, 6) is 1.30. The molecule has 1 amide bonds. The Morgan fingerprint density at radius 1 is 1.43 bits per heavy atom. The number of nitrogens with two attached hydrogens (primary N) is 1. The zero-order chi connectivity index (χ0) is 15.5. The van der Waals surface area contributed by atoms with Crippen LogP contribution in [-0.2, 0) is 0 Å². The molecule has 0 saturated carbocycles. The van der Waals surface area contributed by atoms with Crippen molar-refractivity contribution in [1.29, 1.82) is 0 Å². The van der Waals surface area contributed by atoms with Gasteiger partial charge in [-0.2, -0.15) is 0 Å². The first-order valence-corrected chi connectivity index (χ1v) is 8.12. The summed E-state index contributed by atoms with van der Waals surface area (Å²) in [7, 11) is 1.64. The van der Waals surface area contributed by atoms with Gasteiger partial charge in [-0.25, -0.2) is 4.98 Å². The largest absolute Gasteiger partial charge is 0.497 e. The number of hydrogen-bond donors (Lipinski definition) is 1. The van der Waals surface area contributed by atoms with Crippen LogP contribution in [0.4, 0.5) is 0 Å². The van der Waals surface area contributed by atoms with Crippen molar-refractivity contribution < 1.29 is 9.53 Å². The van der Waals surface area contributed by atoms with Gasteiger partial charge in [-0.05, 0) is 43.1 Å². The highest BCUT2D eigenvalue weighted by molar-refractivity contribution is 7.16. The zero-order valence-corrected chi connectivity index (χ0v) is 14.5. The number of hydrogen-bond acceptors (Lipinski definition) is 5. The van der Waals surface area contributed by atoms with E-state index in [2.05, 4.69) is 4.98 Å². The lowest BCUT2D eigenvalue weighted by Crippen LogP contribution is -2.29. The van der Waals surface area contributed by atoms with Gasteiger partial charge in [0.05, 0.1) is 13.3 Å². The summed E-state index contributed by atoms with van der Waals surface area (Å²) in [6.07, 6.45) is 2.66. The van der Waals surface area contributed by atoms with Gasteiger partial charge in [-0.1, -0.05) is 0 Å². The maximum absolute atomic E-state index is 12.5. The molecule has 1 atom stereocenters. The highest BCUT2D eigenvalue weighted by Crippen LogP contribution is 2.28. The van der Waals surface area contributed by atoms with E-state index in [4.69, 9.17) is 10.5 Å². The smallest absolute Gasteiger partial charge is 0.265 e. The van der Waals surface area contributed by atoms with Gasteiger partial charge in [0, 0.05) is 18.7 Å². The third-order valence-electron chi connectivity index (χ3n) is 3.96. The molecule has 1 aromatic carbocycles. The molecule has 0 radical (unpaired) electrons. The summed E-state index contributed by atoms with van der Waals surface area (Å²) in [4.78, 5) is 19.4. The number of carbonyl (C=O) groups excluding carboxylic acids is 1. The Balaban J connectivity index is 0.00000192. The van der Waals surface area contributed by atoms with Crippen molar-refractivity contribution in [3.05, 3.63) is 35.3 Å². The Morgan fingerprint density at radius 2 is 2.17 bits per heavy atom. The van der Waals surface area contributed by atoms with E-state index in [-0.39, 0.29) is 18.3 Å². The molecule has 1 aliphatic heterocycles. The average molecular weight is 354 g/mol. The molecule has 2 aromatic rings. The maximum atomic E-state index is 12.5. The topological polar surface area (TPSA) is 68.5 Å². The molecule has 23 heavy (non-hydrogen) atoms. The predicted molar refractivity (Wildman–Crippen MR) is 94.4 cm³/mol. The number of thiazole rings is 1. The molecule has 2 N–H and O–H groups in total. The Kier molecular flexibility index (Phi) is 5.98. The molecule has 1 aromatic heterocycles. The average Bonchev–Trinajstić information content (AvgIpc) is 3.23. The molecule has 0 bridgehead atoms. The lowest BCUT2D eigenvalue weighted by Gasteiger charge is -2.14. The second-order valence-electron chi connectivity index (χ2n) is 5.40. The van der Waals surface area contributed by atoms with Gasteiger partial charge >= 0.3 is 0 Å². The van der Waals surface area contributed by atoms with Crippen molar-refractivity contribution in [1.82, 2.24) is 9.88 Å². The summed E-state index contributed by atoms with van der Waals surface area (Å²) in [6, 6.07) is 7.69. The minimum absolute atomic E-state index is 0. The fourth-order valence-corrected chi connectivity index (χ4v) is 3.49. The van der Waals surface area contributed by atoms with E-state index in [1.165, 1.54) is 11.3 Å². The molecular weight excluding hydrogens is 334 g/mol. The zero-order valence-electron chi connectivity index (χ0n) is 12.9. The molecule has 124 valence electrons. The van der Waals surface area contributed by atoms with Crippen LogP contribution in [0.1, 0.15) is 16.1 Å². The minimum atomic E-state index is 0. The van der Waals surface area contributed by atoms with Crippen molar-refractivity contribution >= 4 is 29.7 Å². The maximum Gasteiger partial charge on any atom is 0.265 e. The Labute approximate surface area is 145 Å². The molecule has 1 fully saturated rings. The molecule has 3 rings (SSSR count). The Morgan fingerprint density at radius 3 is 2.78 bits per heavy atom. The van der Waals surface area contributed by atoms with Crippen LogP contribution in [0.25, 0.3) is 10.6 Å². The standard InChI is InChI=1S/C16H19N3O2S.ClH/c1-21-13-4-2-12(3-5-13)15-18-9-14(22-15)16(20)19-7-6-11(8-17)10-19;/h2-5,9,11H,6-8,10,17H2,1H3;1H. The fraction of sp³-hybridized carbons (Fsp3) is 0.375. The highest BCUT2D eigenvalue weighted by atomic mass is 35.5. The first-order valence-electron chi connectivity index (χ1n) is 7.31. The number of likely N-dealkylation sites (tertiary alicyclic amines) is 1. The van der Waals surface area contributed by atoms with E-state index in [1.54, 1.807) is 13.3 Å². The molecular formula is C16H20ClN3O2S. The van der Waals surface area contributed by atoms with E-state index in [1.807, 2.05) is 29.2 Å². The van der Waals surface area contributed by atoms with Crippen LogP contribution in [0.2, 0.25) is 0 Å². The summed E-state index contributed by atoms with van der Waals surface area (Å²) < 4.78 is 5.15. The SMILES string of the molecule is COc1ccc(-c2ncc(C(=O)N3CCC(CN)C3)s2)cc1.Cl. The lowest BCUT2D eigenvalue weighted by molar-refractivity contribution is 0.0792. The molecule has 0 spiro atoms. The quantitative estimate of drug-likeness (QED) is 0.917. The third-order valence-corrected chi connectivity index (χ3v) is 4.99. The molecule has 0 aliphatic carbocycles. The van der Waals surface area contributed by atoms with Crippen LogP contribution in [-0.4, -0.2) is 42.5 Å². The molecule has 1 saturated heterocycles. The number of benzene rings is 1. The van der Waals surface area contributed by atoms with Crippen LogP contribution in [0.3, 0.4) is 0 Å². The molecule has 7 heteroatoms. The molecule has 1 unspecified atom stereocenters. The van der Waals surface area contributed by atoms with Crippen molar-refractivity contribution in [2.45, 2.75) is 6.42 Å². The number of ether oxygens (including phenoxy) is 1. The first-order chi connectivity index (χ1) is 10.7. The monoisotopic (exact) mass is 353 g/mol. The summed E-state index contributed by atoms with van der Waals surface area (Å²) in [6.45, 7) is 2.19. The van der Waals surface area contributed by atoms with Crippen molar-refractivity contribution in [2.24, 2.45) is 11.7 Å². The van der Waals surface area contributed by atoms with Crippen LogP contribution >= 0.6 is 23.7 Å².